The van der Waals surface area contributed by atoms with Crippen LogP contribution < -0.4 is 9.47 Å². The third-order valence-corrected chi connectivity index (χ3v) is 7.07. The predicted molar refractivity (Wildman–Crippen MR) is 122 cm³/mol. The van der Waals surface area contributed by atoms with Crippen LogP contribution in [-0.2, 0) is 9.84 Å². The first-order chi connectivity index (χ1) is 15.0. The van der Waals surface area contributed by atoms with Crippen LogP contribution in [0.15, 0.2) is 100 Å². The summed E-state index contributed by atoms with van der Waals surface area (Å²) >= 11 is 0. The lowest BCUT2D eigenvalue weighted by molar-refractivity contribution is 0.403. The van der Waals surface area contributed by atoms with E-state index in [1.165, 1.54) is 11.1 Å². The van der Waals surface area contributed by atoms with Gasteiger partial charge >= 0.3 is 0 Å². The van der Waals surface area contributed by atoms with Crippen LogP contribution in [0.1, 0.15) is 24.0 Å². The van der Waals surface area contributed by atoms with Gasteiger partial charge < -0.3 is 9.47 Å². The lowest BCUT2D eigenvalue weighted by Crippen LogP contribution is -2.03. The molecule has 0 aromatic heterocycles. The molecule has 1 aliphatic carbocycles. The summed E-state index contributed by atoms with van der Waals surface area (Å²) in [7, 11) is -1.88. The molecule has 0 radical (unpaired) electrons. The first-order valence-electron chi connectivity index (χ1n) is 10.1. The maximum atomic E-state index is 12.8. The van der Waals surface area contributed by atoms with Crippen LogP contribution in [0.4, 0.5) is 0 Å². The van der Waals surface area contributed by atoms with E-state index in [1.807, 2.05) is 25.1 Å². The highest BCUT2D eigenvalue weighted by Gasteiger charge is 2.18. The van der Waals surface area contributed by atoms with Crippen molar-refractivity contribution in [3.05, 3.63) is 102 Å². The Balaban J connectivity index is 1.46. The summed E-state index contributed by atoms with van der Waals surface area (Å²) in [6.45, 7) is 1.93. The molecule has 31 heavy (non-hydrogen) atoms. The van der Waals surface area contributed by atoms with Gasteiger partial charge in [0, 0.05) is 6.42 Å². The Morgan fingerprint density at radius 1 is 0.710 bits per heavy atom. The topological polar surface area (TPSA) is 52.6 Å². The average molecular weight is 433 g/mol. The average Bonchev–Trinajstić information content (AvgIpc) is 2.80. The number of allylic oxidation sites excluding steroid dienone is 4. The van der Waals surface area contributed by atoms with Gasteiger partial charge in [0.05, 0.1) is 16.9 Å². The van der Waals surface area contributed by atoms with Crippen LogP contribution in [0.25, 0.3) is 5.57 Å². The molecule has 0 saturated carbocycles. The molecule has 0 N–H and O–H groups in total. The van der Waals surface area contributed by atoms with Gasteiger partial charge in [0.15, 0.2) is 0 Å². The van der Waals surface area contributed by atoms with E-state index in [9.17, 15) is 8.42 Å². The Morgan fingerprint density at radius 2 is 1.29 bits per heavy atom. The smallest absolute Gasteiger partial charge is 0.206 e. The minimum atomic E-state index is -3.54. The van der Waals surface area contributed by atoms with Gasteiger partial charge in [0.25, 0.3) is 0 Å². The van der Waals surface area contributed by atoms with Crippen molar-refractivity contribution >= 4 is 15.4 Å². The molecule has 3 aromatic rings. The summed E-state index contributed by atoms with van der Waals surface area (Å²) in [5.41, 5.74) is 3.43. The quantitative estimate of drug-likeness (QED) is 0.481. The summed E-state index contributed by atoms with van der Waals surface area (Å²) < 4.78 is 36.8. The van der Waals surface area contributed by atoms with Gasteiger partial charge in [-0.25, -0.2) is 8.42 Å². The van der Waals surface area contributed by atoms with Crippen molar-refractivity contribution in [2.75, 3.05) is 7.11 Å². The van der Waals surface area contributed by atoms with Gasteiger partial charge in [0.1, 0.15) is 17.3 Å². The molecule has 4 rings (SSSR count). The molecule has 0 spiro atoms. The Labute approximate surface area is 183 Å². The van der Waals surface area contributed by atoms with E-state index < -0.39 is 9.84 Å². The van der Waals surface area contributed by atoms with Crippen LogP contribution >= 0.6 is 0 Å². The van der Waals surface area contributed by atoms with Crippen molar-refractivity contribution in [2.45, 2.75) is 29.6 Å². The van der Waals surface area contributed by atoms with Crippen molar-refractivity contribution in [3.63, 3.8) is 0 Å². The molecular weight excluding hydrogens is 408 g/mol. The Kier molecular flexibility index (Phi) is 5.96. The highest BCUT2D eigenvalue weighted by Crippen LogP contribution is 2.30. The zero-order chi connectivity index (χ0) is 21.8. The minimum absolute atomic E-state index is 0.253. The van der Waals surface area contributed by atoms with Crippen molar-refractivity contribution in [1.29, 1.82) is 0 Å². The summed E-state index contributed by atoms with van der Waals surface area (Å²) in [5.74, 6) is 2.31. The zero-order valence-electron chi connectivity index (χ0n) is 17.5. The second kappa shape index (κ2) is 8.82. The van der Waals surface area contributed by atoms with Gasteiger partial charge in [-0.2, -0.15) is 0 Å². The molecule has 3 aromatic carbocycles. The van der Waals surface area contributed by atoms with Crippen molar-refractivity contribution in [3.8, 4) is 11.5 Å². The van der Waals surface area contributed by atoms with Crippen LogP contribution in [-0.4, -0.2) is 15.5 Å². The number of hydrogen-bond donors (Lipinski definition) is 0. The lowest BCUT2D eigenvalue weighted by Gasteiger charge is -2.16. The summed E-state index contributed by atoms with van der Waals surface area (Å²) in [6.07, 6.45) is 5.69. The van der Waals surface area contributed by atoms with Gasteiger partial charge in [-0.3, -0.25) is 0 Å². The third kappa shape index (κ3) is 4.72. The third-order valence-electron chi connectivity index (χ3n) is 5.29. The SMILES string of the molecule is COc1ccc(C2=CC=C(Oc3ccc(S(=O)(=O)c4ccc(C)cc4)cc3)CC2)cc1. The number of methoxy groups -OCH3 is 1. The molecule has 0 bridgehead atoms. The highest BCUT2D eigenvalue weighted by molar-refractivity contribution is 7.91. The Morgan fingerprint density at radius 3 is 1.84 bits per heavy atom. The van der Waals surface area contributed by atoms with E-state index in [-0.39, 0.29) is 9.79 Å². The van der Waals surface area contributed by atoms with Crippen LogP contribution in [0.5, 0.6) is 11.5 Å². The minimum Gasteiger partial charge on any atom is -0.497 e. The molecule has 1 aliphatic rings. The largest absolute Gasteiger partial charge is 0.497 e. The van der Waals surface area contributed by atoms with Gasteiger partial charge in [0.2, 0.25) is 9.84 Å². The predicted octanol–water partition coefficient (Wildman–Crippen LogP) is 5.98. The molecule has 4 nitrogen and oxygen atoms in total. The maximum Gasteiger partial charge on any atom is 0.206 e. The molecule has 0 saturated heterocycles. The molecular formula is C26H24O4S. The molecule has 0 fully saturated rings. The van der Waals surface area contributed by atoms with E-state index in [0.29, 0.717) is 5.75 Å². The van der Waals surface area contributed by atoms with E-state index in [4.69, 9.17) is 9.47 Å². The van der Waals surface area contributed by atoms with Crippen LogP contribution in [0, 0.1) is 6.92 Å². The Hall–Kier alpha value is -3.31. The first kappa shape index (κ1) is 20.9. The molecule has 0 unspecified atom stereocenters. The fourth-order valence-electron chi connectivity index (χ4n) is 3.44. The molecule has 0 aliphatic heterocycles. The molecule has 158 valence electrons. The molecule has 0 heterocycles. The fourth-order valence-corrected chi connectivity index (χ4v) is 4.70. The number of aryl methyl sites for hydroxylation is 1. The second-order valence-electron chi connectivity index (χ2n) is 7.44. The number of ether oxygens (including phenoxy) is 2. The first-order valence-corrected chi connectivity index (χ1v) is 11.6. The van der Waals surface area contributed by atoms with Crippen LogP contribution in [0.3, 0.4) is 0 Å². The number of hydrogen-bond acceptors (Lipinski definition) is 4. The monoisotopic (exact) mass is 432 g/mol. The van der Waals surface area contributed by atoms with E-state index in [2.05, 4.69) is 18.2 Å². The standard InChI is InChI=1S/C26H24O4S/c1-19-3-15-25(16-4-19)31(27,28)26-17-13-24(14-18-26)30-23-11-7-21(8-12-23)20-5-9-22(29-2)10-6-20/h3-7,9-11,13-18H,8,12H2,1-2H3. The molecule has 0 atom stereocenters. The van der Waals surface area contributed by atoms with Gasteiger partial charge in [-0.05, 0) is 79.1 Å². The molecule has 0 amide bonds. The highest BCUT2D eigenvalue weighted by atomic mass is 32.2. The summed E-state index contributed by atoms with van der Waals surface area (Å²) in [4.78, 5) is 0.543. The number of sulfone groups is 1. The molecule has 5 heteroatoms. The normalized spacial score (nSPS) is 13.9. The summed E-state index contributed by atoms with van der Waals surface area (Å²) in [5, 5.41) is 0. The summed E-state index contributed by atoms with van der Waals surface area (Å²) in [6, 6.07) is 21.5. The van der Waals surface area contributed by atoms with E-state index in [1.54, 1.807) is 55.6 Å². The van der Waals surface area contributed by atoms with E-state index in [0.717, 1.165) is 29.9 Å². The van der Waals surface area contributed by atoms with Gasteiger partial charge in [-0.1, -0.05) is 35.9 Å². The maximum absolute atomic E-state index is 12.8. The second-order valence-corrected chi connectivity index (χ2v) is 9.39. The van der Waals surface area contributed by atoms with E-state index >= 15 is 0 Å². The van der Waals surface area contributed by atoms with Crippen LogP contribution in [0.2, 0.25) is 0 Å². The number of rotatable bonds is 6. The Bertz CT molecular complexity index is 1220. The van der Waals surface area contributed by atoms with Crippen molar-refractivity contribution in [1.82, 2.24) is 0 Å². The van der Waals surface area contributed by atoms with Gasteiger partial charge in [-0.15, -0.1) is 0 Å². The lowest BCUT2D eigenvalue weighted by atomic mass is 9.96. The van der Waals surface area contributed by atoms with Crippen molar-refractivity contribution < 1.29 is 17.9 Å². The van der Waals surface area contributed by atoms with Crippen molar-refractivity contribution in [2.24, 2.45) is 0 Å². The fraction of sp³-hybridized carbons (Fsp3) is 0.154. The zero-order valence-corrected chi connectivity index (χ0v) is 18.4. The number of benzene rings is 3.